The predicted octanol–water partition coefficient (Wildman–Crippen LogP) is 1.61. The third-order valence-corrected chi connectivity index (χ3v) is 2.45. The molecule has 16 heavy (non-hydrogen) atoms. The van der Waals surface area contributed by atoms with E-state index in [1.165, 1.54) is 12.1 Å². The molecule has 4 heteroatoms. The molecule has 1 aromatic carbocycles. The maximum Gasteiger partial charge on any atom is 0.221 e. The third-order valence-electron chi connectivity index (χ3n) is 2.45. The standard InChI is InChI=1S/C12H17FN2O/c1-9(15-8-7-12(16)14-2)10-3-5-11(13)6-4-10/h3-6,9,15H,7-8H2,1-2H3,(H,14,16). The molecule has 0 aliphatic carbocycles. The maximum absolute atomic E-state index is 12.7. The average Bonchev–Trinajstić information content (AvgIpc) is 2.29. The Hall–Kier alpha value is -1.42. The van der Waals surface area contributed by atoms with Gasteiger partial charge in [0.25, 0.3) is 0 Å². The van der Waals surface area contributed by atoms with Crippen LogP contribution in [0.15, 0.2) is 24.3 Å². The predicted molar refractivity (Wildman–Crippen MR) is 61.5 cm³/mol. The first-order valence-corrected chi connectivity index (χ1v) is 5.33. The summed E-state index contributed by atoms with van der Waals surface area (Å²) in [6.07, 6.45) is 0.446. The normalized spacial score (nSPS) is 12.2. The van der Waals surface area contributed by atoms with Gasteiger partial charge in [0.1, 0.15) is 5.82 Å². The van der Waals surface area contributed by atoms with Gasteiger partial charge in [-0.3, -0.25) is 4.79 Å². The van der Waals surface area contributed by atoms with E-state index < -0.39 is 0 Å². The van der Waals surface area contributed by atoms with Crippen molar-refractivity contribution in [2.75, 3.05) is 13.6 Å². The van der Waals surface area contributed by atoms with Crippen LogP contribution in [0.3, 0.4) is 0 Å². The highest BCUT2D eigenvalue weighted by Crippen LogP contribution is 2.12. The molecule has 0 heterocycles. The fraction of sp³-hybridized carbons (Fsp3) is 0.417. The van der Waals surface area contributed by atoms with E-state index in [2.05, 4.69) is 10.6 Å². The van der Waals surface area contributed by atoms with Gasteiger partial charge in [-0.25, -0.2) is 4.39 Å². The molecule has 1 rings (SSSR count). The molecule has 0 saturated carbocycles. The van der Waals surface area contributed by atoms with E-state index in [1.807, 2.05) is 6.92 Å². The smallest absolute Gasteiger partial charge is 0.221 e. The average molecular weight is 224 g/mol. The summed E-state index contributed by atoms with van der Waals surface area (Å²) in [7, 11) is 1.62. The number of rotatable bonds is 5. The second-order valence-corrected chi connectivity index (χ2v) is 3.65. The first kappa shape index (κ1) is 12.6. The summed E-state index contributed by atoms with van der Waals surface area (Å²) in [4.78, 5) is 11.0. The van der Waals surface area contributed by atoms with Gasteiger partial charge in [0, 0.05) is 26.1 Å². The van der Waals surface area contributed by atoms with Crippen LogP contribution in [0, 0.1) is 5.82 Å². The number of nitrogens with one attached hydrogen (secondary N) is 2. The lowest BCUT2D eigenvalue weighted by molar-refractivity contribution is -0.120. The van der Waals surface area contributed by atoms with Gasteiger partial charge in [-0.2, -0.15) is 0 Å². The molecule has 0 saturated heterocycles. The molecule has 88 valence electrons. The van der Waals surface area contributed by atoms with Crippen molar-refractivity contribution in [3.05, 3.63) is 35.6 Å². The summed E-state index contributed by atoms with van der Waals surface area (Å²) in [5.74, 6) is -0.222. The van der Waals surface area contributed by atoms with E-state index in [4.69, 9.17) is 0 Å². The van der Waals surface area contributed by atoms with Crippen LogP contribution in [0.4, 0.5) is 4.39 Å². The van der Waals surface area contributed by atoms with Crippen LogP contribution in [0.25, 0.3) is 0 Å². The Labute approximate surface area is 95.0 Å². The van der Waals surface area contributed by atoms with Gasteiger partial charge < -0.3 is 10.6 Å². The molecule has 0 spiro atoms. The highest BCUT2D eigenvalue weighted by Gasteiger charge is 2.05. The Bertz CT molecular complexity index is 337. The second kappa shape index (κ2) is 6.23. The first-order valence-electron chi connectivity index (χ1n) is 5.33. The van der Waals surface area contributed by atoms with Gasteiger partial charge in [-0.1, -0.05) is 12.1 Å². The molecule has 0 aliphatic rings. The van der Waals surface area contributed by atoms with E-state index in [1.54, 1.807) is 19.2 Å². The molecule has 1 atom stereocenters. The van der Waals surface area contributed by atoms with Crippen molar-refractivity contribution in [2.24, 2.45) is 0 Å². The number of carbonyl (C=O) groups excluding carboxylic acids is 1. The molecule has 1 unspecified atom stereocenters. The Balaban J connectivity index is 2.37. The highest BCUT2D eigenvalue weighted by molar-refractivity contribution is 5.75. The van der Waals surface area contributed by atoms with Crippen LogP contribution < -0.4 is 10.6 Å². The monoisotopic (exact) mass is 224 g/mol. The van der Waals surface area contributed by atoms with Crippen molar-refractivity contribution in [1.82, 2.24) is 10.6 Å². The quantitative estimate of drug-likeness (QED) is 0.798. The number of amides is 1. The number of hydrogen-bond acceptors (Lipinski definition) is 2. The molecule has 3 nitrogen and oxygen atoms in total. The van der Waals surface area contributed by atoms with Crippen LogP contribution in [0.1, 0.15) is 24.9 Å². The molecular weight excluding hydrogens is 207 g/mol. The first-order chi connectivity index (χ1) is 7.63. The minimum Gasteiger partial charge on any atom is -0.359 e. The van der Waals surface area contributed by atoms with Crippen LogP contribution >= 0.6 is 0 Å². The lowest BCUT2D eigenvalue weighted by Gasteiger charge is -2.13. The zero-order valence-corrected chi connectivity index (χ0v) is 9.59. The van der Waals surface area contributed by atoms with Crippen molar-refractivity contribution >= 4 is 5.91 Å². The van der Waals surface area contributed by atoms with E-state index in [9.17, 15) is 9.18 Å². The molecule has 1 amide bonds. The third kappa shape index (κ3) is 3.98. The number of benzene rings is 1. The highest BCUT2D eigenvalue weighted by atomic mass is 19.1. The maximum atomic E-state index is 12.7. The molecule has 0 fully saturated rings. The van der Waals surface area contributed by atoms with Gasteiger partial charge >= 0.3 is 0 Å². The van der Waals surface area contributed by atoms with Crippen molar-refractivity contribution in [3.8, 4) is 0 Å². The summed E-state index contributed by atoms with van der Waals surface area (Å²) in [5, 5.41) is 5.76. The van der Waals surface area contributed by atoms with Crippen molar-refractivity contribution < 1.29 is 9.18 Å². The van der Waals surface area contributed by atoms with E-state index in [0.29, 0.717) is 13.0 Å². The number of hydrogen-bond donors (Lipinski definition) is 2. The Morgan fingerprint density at radius 2 is 2.00 bits per heavy atom. The number of carbonyl (C=O) groups is 1. The topological polar surface area (TPSA) is 41.1 Å². The van der Waals surface area contributed by atoms with Crippen LogP contribution in [-0.4, -0.2) is 19.5 Å². The Morgan fingerprint density at radius 1 is 1.38 bits per heavy atom. The zero-order valence-electron chi connectivity index (χ0n) is 9.59. The number of halogens is 1. The van der Waals surface area contributed by atoms with Gasteiger partial charge in [0.15, 0.2) is 0 Å². The van der Waals surface area contributed by atoms with Crippen LogP contribution in [-0.2, 0) is 4.79 Å². The van der Waals surface area contributed by atoms with E-state index >= 15 is 0 Å². The Morgan fingerprint density at radius 3 is 2.56 bits per heavy atom. The molecule has 0 radical (unpaired) electrons. The van der Waals surface area contributed by atoms with E-state index in [0.717, 1.165) is 5.56 Å². The van der Waals surface area contributed by atoms with Crippen molar-refractivity contribution in [1.29, 1.82) is 0 Å². The Kier molecular flexibility index (Phi) is 4.92. The second-order valence-electron chi connectivity index (χ2n) is 3.65. The summed E-state index contributed by atoms with van der Waals surface area (Å²) in [6.45, 7) is 2.59. The van der Waals surface area contributed by atoms with Crippen molar-refractivity contribution in [2.45, 2.75) is 19.4 Å². The lowest BCUT2D eigenvalue weighted by atomic mass is 10.1. The van der Waals surface area contributed by atoms with Gasteiger partial charge in [-0.15, -0.1) is 0 Å². The molecule has 0 aliphatic heterocycles. The van der Waals surface area contributed by atoms with E-state index in [-0.39, 0.29) is 17.8 Å². The SMILES string of the molecule is CNC(=O)CCNC(C)c1ccc(F)cc1. The van der Waals surface area contributed by atoms with Crippen molar-refractivity contribution in [3.63, 3.8) is 0 Å². The molecule has 2 N–H and O–H groups in total. The minimum absolute atomic E-state index is 0.0128. The van der Waals surface area contributed by atoms with Gasteiger partial charge in [0.05, 0.1) is 0 Å². The largest absolute Gasteiger partial charge is 0.359 e. The molecule has 0 bridgehead atoms. The summed E-state index contributed by atoms with van der Waals surface area (Å²) < 4.78 is 12.7. The van der Waals surface area contributed by atoms with Crippen LogP contribution in [0.5, 0.6) is 0 Å². The summed E-state index contributed by atoms with van der Waals surface area (Å²) >= 11 is 0. The fourth-order valence-electron chi connectivity index (χ4n) is 1.40. The fourth-order valence-corrected chi connectivity index (χ4v) is 1.40. The van der Waals surface area contributed by atoms with Gasteiger partial charge in [-0.05, 0) is 24.6 Å². The van der Waals surface area contributed by atoms with Gasteiger partial charge in [0.2, 0.25) is 5.91 Å². The molecule has 0 aromatic heterocycles. The molecule has 1 aromatic rings. The lowest BCUT2D eigenvalue weighted by Crippen LogP contribution is -2.26. The summed E-state index contributed by atoms with van der Waals surface area (Å²) in [6, 6.07) is 6.48. The summed E-state index contributed by atoms with van der Waals surface area (Å²) in [5.41, 5.74) is 1.01. The minimum atomic E-state index is -0.235. The zero-order chi connectivity index (χ0) is 12.0. The van der Waals surface area contributed by atoms with Crippen LogP contribution in [0.2, 0.25) is 0 Å². The molecular formula is C12H17FN2O.